The van der Waals surface area contributed by atoms with Crippen LogP contribution in [0.25, 0.3) is 11.4 Å². The summed E-state index contributed by atoms with van der Waals surface area (Å²) in [6.07, 6.45) is 3.29. The van der Waals surface area contributed by atoms with Gasteiger partial charge in [0.2, 0.25) is 0 Å². The Morgan fingerprint density at radius 2 is 1.61 bits per heavy atom. The maximum absolute atomic E-state index is 6.61. The zero-order valence-electron chi connectivity index (χ0n) is 19.7. The van der Waals surface area contributed by atoms with E-state index in [0.717, 1.165) is 108 Å². The van der Waals surface area contributed by atoms with Crippen LogP contribution < -0.4 is 9.80 Å². The van der Waals surface area contributed by atoms with Crippen molar-refractivity contribution in [2.75, 3.05) is 89.0 Å². The lowest BCUT2D eigenvalue weighted by Crippen LogP contribution is -2.44. The summed E-state index contributed by atoms with van der Waals surface area (Å²) in [6, 6.07) is 8.64. The van der Waals surface area contributed by atoms with Crippen LogP contribution in [-0.2, 0) is 11.2 Å². The first-order chi connectivity index (χ1) is 16.2. The van der Waals surface area contributed by atoms with Crippen LogP contribution in [0, 0.1) is 0 Å². The van der Waals surface area contributed by atoms with Crippen LogP contribution in [0.4, 0.5) is 11.5 Å². The Morgan fingerprint density at radius 3 is 2.36 bits per heavy atom. The Bertz CT molecular complexity index is 925. The standard InChI is InChI=1S/C25H35ClN6O/c1-29-12-14-31(15-13-29)21-6-4-20(5-7-21)24-27-23(26)22-8-11-32(25(22)28-24)10-3-2-9-30-16-18-33-19-17-30/h4-7H,2-3,8-19H2,1H3. The van der Waals surface area contributed by atoms with E-state index in [4.69, 9.17) is 21.3 Å². The summed E-state index contributed by atoms with van der Waals surface area (Å²) in [5.41, 5.74) is 3.39. The number of halogens is 1. The van der Waals surface area contributed by atoms with Gasteiger partial charge < -0.3 is 19.4 Å². The Morgan fingerprint density at radius 1 is 0.879 bits per heavy atom. The van der Waals surface area contributed by atoms with Crippen molar-refractivity contribution in [1.82, 2.24) is 19.8 Å². The molecule has 0 N–H and O–H groups in total. The monoisotopic (exact) mass is 470 g/mol. The molecule has 0 aliphatic carbocycles. The normalized spacial score (nSPS) is 19.8. The molecule has 5 rings (SSSR count). The molecule has 2 fully saturated rings. The minimum Gasteiger partial charge on any atom is -0.379 e. The van der Waals surface area contributed by atoms with Crippen LogP contribution in [0.3, 0.4) is 0 Å². The van der Waals surface area contributed by atoms with E-state index in [1.165, 1.54) is 12.1 Å². The summed E-state index contributed by atoms with van der Waals surface area (Å²) < 4.78 is 5.45. The highest BCUT2D eigenvalue weighted by Gasteiger charge is 2.25. The third-order valence-electron chi connectivity index (χ3n) is 7.12. The van der Waals surface area contributed by atoms with Crippen LogP contribution in [0.5, 0.6) is 0 Å². The molecule has 3 aliphatic rings. The number of ether oxygens (including phenoxy) is 1. The van der Waals surface area contributed by atoms with Gasteiger partial charge in [0.15, 0.2) is 5.82 Å². The molecule has 3 aliphatic heterocycles. The number of nitrogens with zero attached hydrogens (tertiary/aromatic N) is 6. The number of aromatic nitrogens is 2. The van der Waals surface area contributed by atoms with Gasteiger partial charge in [0, 0.05) is 69.2 Å². The lowest BCUT2D eigenvalue weighted by Gasteiger charge is -2.34. The molecule has 1 aromatic carbocycles. The molecule has 0 bridgehead atoms. The molecule has 7 nitrogen and oxygen atoms in total. The first kappa shape index (κ1) is 22.8. The predicted molar refractivity (Wildman–Crippen MR) is 135 cm³/mol. The third-order valence-corrected chi connectivity index (χ3v) is 7.43. The number of fused-ring (bicyclic) bond motifs is 1. The Labute approximate surface area is 202 Å². The van der Waals surface area contributed by atoms with Crippen LogP contribution >= 0.6 is 11.6 Å². The van der Waals surface area contributed by atoms with Crippen molar-refractivity contribution in [3.05, 3.63) is 35.0 Å². The highest BCUT2D eigenvalue weighted by atomic mass is 35.5. The SMILES string of the molecule is CN1CCN(c2ccc(-c3nc(Cl)c4c(n3)N(CCCCN3CCOCC3)CC4)cc2)CC1. The molecular formula is C25H35ClN6O. The predicted octanol–water partition coefficient (Wildman–Crippen LogP) is 3.02. The molecule has 8 heteroatoms. The number of hydrogen-bond acceptors (Lipinski definition) is 7. The van der Waals surface area contributed by atoms with Crippen molar-refractivity contribution in [1.29, 1.82) is 0 Å². The van der Waals surface area contributed by atoms with Crippen LogP contribution in [0.15, 0.2) is 24.3 Å². The van der Waals surface area contributed by atoms with Crippen LogP contribution in [0.2, 0.25) is 5.15 Å². The van der Waals surface area contributed by atoms with Crippen LogP contribution in [0.1, 0.15) is 18.4 Å². The molecular weight excluding hydrogens is 436 g/mol. The summed E-state index contributed by atoms with van der Waals surface area (Å²) in [4.78, 5) is 19.3. The topological polar surface area (TPSA) is 48.0 Å². The number of rotatable bonds is 7. The average Bonchev–Trinajstić information content (AvgIpc) is 3.27. The Balaban J connectivity index is 1.22. The van der Waals surface area contributed by atoms with E-state index in [1.807, 2.05) is 0 Å². The highest BCUT2D eigenvalue weighted by molar-refractivity contribution is 6.30. The van der Waals surface area contributed by atoms with Gasteiger partial charge in [-0.2, -0.15) is 0 Å². The fourth-order valence-electron chi connectivity index (χ4n) is 4.97. The molecule has 0 saturated carbocycles. The van der Waals surface area contributed by atoms with Crippen molar-refractivity contribution < 1.29 is 4.74 Å². The van der Waals surface area contributed by atoms with Gasteiger partial charge in [-0.25, -0.2) is 9.97 Å². The summed E-state index contributed by atoms with van der Waals surface area (Å²) >= 11 is 6.61. The van der Waals surface area contributed by atoms with Gasteiger partial charge in [-0.3, -0.25) is 4.90 Å². The molecule has 2 saturated heterocycles. The number of piperazine rings is 1. The van der Waals surface area contributed by atoms with Crippen molar-refractivity contribution >= 4 is 23.1 Å². The van der Waals surface area contributed by atoms with E-state index in [-0.39, 0.29) is 0 Å². The summed E-state index contributed by atoms with van der Waals surface area (Å²) in [5.74, 6) is 1.75. The first-order valence-corrected chi connectivity index (χ1v) is 12.7. The number of anilines is 2. The Kier molecular flexibility index (Phi) is 7.30. The molecule has 178 valence electrons. The zero-order chi connectivity index (χ0) is 22.6. The molecule has 4 heterocycles. The molecule has 0 amide bonds. The average molecular weight is 471 g/mol. The molecule has 0 atom stereocenters. The van der Waals surface area contributed by atoms with E-state index < -0.39 is 0 Å². The van der Waals surface area contributed by atoms with E-state index in [2.05, 4.69) is 55.9 Å². The second-order valence-corrected chi connectivity index (χ2v) is 9.73. The second kappa shape index (κ2) is 10.6. The van der Waals surface area contributed by atoms with Gasteiger partial charge in [0.25, 0.3) is 0 Å². The number of likely N-dealkylation sites (N-methyl/N-ethyl adjacent to an activating group) is 1. The minimum absolute atomic E-state index is 0.606. The summed E-state index contributed by atoms with van der Waals surface area (Å²) in [5, 5.41) is 0.606. The van der Waals surface area contributed by atoms with Gasteiger partial charge in [-0.05, 0) is 57.1 Å². The maximum Gasteiger partial charge on any atom is 0.163 e. The van der Waals surface area contributed by atoms with Crippen molar-refractivity contribution in [2.45, 2.75) is 19.3 Å². The second-order valence-electron chi connectivity index (χ2n) is 9.38. The van der Waals surface area contributed by atoms with E-state index >= 15 is 0 Å². The number of hydrogen-bond donors (Lipinski definition) is 0. The molecule has 1 aromatic heterocycles. The number of morpholine rings is 1. The fourth-order valence-corrected chi connectivity index (χ4v) is 5.23. The summed E-state index contributed by atoms with van der Waals surface area (Å²) in [7, 11) is 2.18. The quantitative estimate of drug-likeness (QED) is 0.455. The van der Waals surface area contributed by atoms with Crippen molar-refractivity contribution in [3.8, 4) is 11.4 Å². The van der Waals surface area contributed by atoms with Crippen molar-refractivity contribution in [2.24, 2.45) is 0 Å². The van der Waals surface area contributed by atoms with Crippen LogP contribution in [-0.4, -0.2) is 98.9 Å². The number of unbranched alkanes of at least 4 members (excludes halogenated alkanes) is 1. The van der Waals surface area contributed by atoms with Crippen molar-refractivity contribution in [3.63, 3.8) is 0 Å². The first-order valence-electron chi connectivity index (χ1n) is 12.3. The fraction of sp³-hybridized carbons (Fsp3) is 0.600. The third kappa shape index (κ3) is 5.43. The lowest BCUT2D eigenvalue weighted by molar-refractivity contribution is 0.0372. The largest absolute Gasteiger partial charge is 0.379 e. The summed E-state index contributed by atoms with van der Waals surface area (Å²) in [6.45, 7) is 11.4. The van der Waals surface area contributed by atoms with E-state index in [9.17, 15) is 0 Å². The van der Waals surface area contributed by atoms with Gasteiger partial charge in [0.05, 0.1) is 13.2 Å². The highest BCUT2D eigenvalue weighted by Crippen LogP contribution is 2.33. The molecule has 2 aromatic rings. The van der Waals surface area contributed by atoms with Gasteiger partial charge in [-0.15, -0.1) is 0 Å². The smallest absolute Gasteiger partial charge is 0.163 e. The van der Waals surface area contributed by atoms with Gasteiger partial charge in [0.1, 0.15) is 11.0 Å². The maximum atomic E-state index is 6.61. The zero-order valence-corrected chi connectivity index (χ0v) is 20.4. The lowest BCUT2D eigenvalue weighted by atomic mass is 10.1. The van der Waals surface area contributed by atoms with Gasteiger partial charge in [-0.1, -0.05) is 11.6 Å². The van der Waals surface area contributed by atoms with Gasteiger partial charge >= 0.3 is 0 Å². The number of benzene rings is 1. The molecule has 0 unspecified atom stereocenters. The molecule has 0 radical (unpaired) electrons. The van der Waals surface area contributed by atoms with E-state index in [0.29, 0.717) is 5.15 Å². The minimum atomic E-state index is 0.606. The molecule has 33 heavy (non-hydrogen) atoms. The molecule has 0 spiro atoms. The van der Waals surface area contributed by atoms with E-state index in [1.54, 1.807) is 0 Å². The Hall–Kier alpha value is -1.93.